The Hall–Kier alpha value is -0.910. The molecule has 3 N–H and O–H groups in total. The minimum absolute atomic E-state index is 0.178. The molecule has 0 aromatic heterocycles. The third kappa shape index (κ3) is 3.02. The van der Waals surface area contributed by atoms with Crippen LogP contribution in [0.2, 0.25) is 0 Å². The van der Waals surface area contributed by atoms with Crippen LogP contribution in [0.3, 0.4) is 0 Å². The molecule has 0 saturated heterocycles. The summed E-state index contributed by atoms with van der Waals surface area (Å²) in [7, 11) is -3.58. The van der Waals surface area contributed by atoms with Crippen molar-refractivity contribution in [1.29, 1.82) is 0 Å². The maximum absolute atomic E-state index is 11.1. The van der Waals surface area contributed by atoms with Crippen LogP contribution in [0.5, 0.6) is 0 Å². The van der Waals surface area contributed by atoms with E-state index in [0.29, 0.717) is 12.6 Å². The number of primary sulfonamides is 1. The lowest BCUT2D eigenvalue weighted by molar-refractivity contribution is 0.597. The Bertz CT molecular complexity index is 452. The Morgan fingerprint density at radius 2 is 2.13 bits per heavy atom. The van der Waals surface area contributed by atoms with Gasteiger partial charge in [0.05, 0.1) is 4.90 Å². The molecule has 1 fully saturated rings. The van der Waals surface area contributed by atoms with Gasteiger partial charge in [-0.3, -0.25) is 0 Å². The number of sulfonamides is 1. The summed E-state index contributed by atoms with van der Waals surface area (Å²) in [4.78, 5) is 0.178. The molecule has 82 valence electrons. The highest BCUT2D eigenvalue weighted by Gasteiger charge is 2.20. The SMILES string of the molecule is NS(=O)(=O)c1cccc(CNC2CC2)c1. The maximum Gasteiger partial charge on any atom is 0.238 e. The Morgan fingerprint density at radius 1 is 1.40 bits per heavy atom. The standard InChI is InChI=1S/C10H14N2O2S/c11-15(13,14)10-3-1-2-8(6-10)7-12-9-4-5-9/h1-3,6,9,12H,4-5,7H2,(H2,11,13,14). The van der Waals surface area contributed by atoms with Crippen molar-refractivity contribution < 1.29 is 8.42 Å². The Morgan fingerprint density at radius 3 is 2.73 bits per heavy atom. The minimum Gasteiger partial charge on any atom is -0.310 e. The smallest absolute Gasteiger partial charge is 0.238 e. The van der Waals surface area contributed by atoms with E-state index in [2.05, 4.69) is 5.32 Å². The average Bonchev–Trinajstić information content (AvgIpc) is 2.97. The van der Waals surface area contributed by atoms with Crippen LogP contribution in [0.15, 0.2) is 29.2 Å². The van der Waals surface area contributed by atoms with Gasteiger partial charge < -0.3 is 5.32 Å². The van der Waals surface area contributed by atoms with Gasteiger partial charge in [0.2, 0.25) is 10.0 Å². The Labute approximate surface area is 89.5 Å². The molecule has 0 amide bonds. The van der Waals surface area contributed by atoms with Gasteiger partial charge in [0.1, 0.15) is 0 Å². The fourth-order valence-electron chi connectivity index (χ4n) is 1.38. The predicted molar refractivity (Wildman–Crippen MR) is 57.7 cm³/mol. The van der Waals surface area contributed by atoms with E-state index in [4.69, 9.17) is 5.14 Å². The molecule has 0 bridgehead atoms. The number of rotatable bonds is 4. The lowest BCUT2D eigenvalue weighted by Gasteiger charge is -2.04. The summed E-state index contributed by atoms with van der Waals surface area (Å²) >= 11 is 0. The lowest BCUT2D eigenvalue weighted by atomic mass is 10.2. The summed E-state index contributed by atoms with van der Waals surface area (Å²) in [6, 6.07) is 7.34. The molecule has 15 heavy (non-hydrogen) atoms. The molecule has 0 heterocycles. The molecule has 0 unspecified atom stereocenters. The first kappa shape index (κ1) is 10.6. The van der Waals surface area contributed by atoms with E-state index in [1.165, 1.54) is 18.9 Å². The quantitative estimate of drug-likeness (QED) is 0.789. The zero-order chi connectivity index (χ0) is 10.9. The molecular weight excluding hydrogens is 212 g/mol. The fourth-order valence-corrected chi connectivity index (χ4v) is 1.97. The monoisotopic (exact) mass is 226 g/mol. The van der Waals surface area contributed by atoms with Crippen LogP contribution in [-0.2, 0) is 16.6 Å². The summed E-state index contributed by atoms with van der Waals surface area (Å²) < 4.78 is 22.2. The molecule has 1 aliphatic carbocycles. The number of benzene rings is 1. The zero-order valence-electron chi connectivity index (χ0n) is 8.31. The minimum atomic E-state index is -3.58. The molecule has 0 radical (unpaired) electrons. The second kappa shape index (κ2) is 3.92. The Kier molecular flexibility index (Phi) is 2.77. The van der Waals surface area contributed by atoms with E-state index in [1.807, 2.05) is 6.07 Å². The summed E-state index contributed by atoms with van der Waals surface area (Å²) in [5.74, 6) is 0. The van der Waals surface area contributed by atoms with Crippen molar-refractivity contribution in [2.45, 2.75) is 30.3 Å². The number of nitrogens with one attached hydrogen (secondary N) is 1. The highest BCUT2D eigenvalue weighted by Crippen LogP contribution is 2.19. The van der Waals surface area contributed by atoms with Crippen LogP contribution in [0.1, 0.15) is 18.4 Å². The number of hydrogen-bond donors (Lipinski definition) is 2. The van der Waals surface area contributed by atoms with Crippen molar-refractivity contribution >= 4 is 10.0 Å². The molecule has 2 rings (SSSR count). The van der Waals surface area contributed by atoms with Crippen LogP contribution in [0, 0.1) is 0 Å². The van der Waals surface area contributed by atoms with Gasteiger partial charge in [-0.1, -0.05) is 12.1 Å². The molecule has 0 aliphatic heterocycles. The van der Waals surface area contributed by atoms with Crippen LogP contribution >= 0.6 is 0 Å². The highest BCUT2D eigenvalue weighted by molar-refractivity contribution is 7.89. The van der Waals surface area contributed by atoms with Gasteiger partial charge in [0, 0.05) is 12.6 Å². The molecule has 5 heteroatoms. The van der Waals surface area contributed by atoms with E-state index in [-0.39, 0.29) is 4.90 Å². The van der Waals surface area contributed by atoms with Gasteiger partial charge in [-0.2, -0.15) is 0 Å². The second-order valence-corrected chi connectivity index (χ2v) is 5.41. The molecule has 1 aromatic carbocycles. The third-order valence-corrected chi connectivity index (χ3v) is 3.31. The van der Waals surface area contributed by atoms with Crippen LogP contribution in [-0.4, -0.2) is 14.5 Å². The molecule has 0 spiro atoms. The largest absolute Gasteiger partial charge is 0.310 e. The normalized spacial score (nSPS) is 16.6. The maximum atomic E-state index is 11.1. The molecule has 1 aromatic rings. The predicted octanol–water partition coefficient (Wildman–Crippen LogP) is 0.586. The topological polar surface area (TPSA) is 72.2 Å². The van der Waals surface area contributed by atoms with Gasteiger partial charge in [0.15, 0.2) is 0 Å². The van der Waals surface area contributed by atoms with Gasteiger partial charge in [-0.25, -0.2) is 13.6 Å². The highest BCUT2D eigenvalue weighted by atomic mass is 32.2. The molecule has 1 saturated carbocycles. The van der Waals surface area contributed by atoms with E-state index in [0.717, 1.165) is 5.56 Å². The molecular formula is C10H14N2O2S. The summed E-state index contributed by atoms with van der Waals surface area (Å²) in [6.07, 6.45) is 2.43. The van der Waals surface area contributed by atoms with E-state index >= 15 is 0 Å². The average molecular weight is 226 g/mol. The molecule has 0 atom stereocenters. The fraction of sp³-hybridized carbons (Fsp3) is 0.400. The zero-order valence-corrected chi connectivity index (χ0v) is 9.13. The first-order valence-corrected chi connectivity index (χ1v) is 6.45. The number of hydrogen-bond acceptors (Lipinski definition) is 3. The summed E-state index contributed by atoms with van der Waals surface area (Å²) in [5.41, 5.74) is 0.952. The first-order chi connectivity index (χ1) is 7.05. The van der Waals surface area contributed by atoms with E-state index in [1.54, 1.807) is 12.1 Å². The van der Waals surface area contributed by atoms with Crippen LogP contribution in [0.4, 0.5) is 0 Å². The Balaban J connectivity index is 2.11. The van der Waals surface area contributed by atoms with Crippen LogP contribution < -0.4 is 10.5 Å². The summed E-state index contributed by atoms with van der Waals surface area (Å²) in [6.45, 7) is 0.702. The van der Waals surface area contributed by atoms with Crippen molar-refractivity contribution in [3.8, 4) is 0 Å². The van der Waals surface area contributed by atoms with Gasteiger partial charge in [-0.15, -0.1) is 0 Å². The van der Waals surface area contributed by atoms with Crippen molar-refractivity contribution in [1.82, 2.24) is 5.32 Å². The van der Waals surface area contributed by atoms with Crippen molar-refractivity contribution in [3.63, 3.8) is 0 Å². The second-order valence-electron chi connectivity index (χ2n) is 3.85. The van der Waals surface area contributed by atoms with E-state index in [9.17, 15) is 8.42 Å². The first-order valence-electron chi connectivity index (χ1n) is 4.91. The van der Waals surface area contributed by atoms with Crippen molar-refractivity contribution in [2.75, 3.05) is 0 Å². The van der Waals surface area contributed by atoms with Gasteiger partial charge in [0.25, 0.3) is 0 Å². The van der Waals surface area contributed by atoms with Gasteiger partial charge in [-0.05, 0) is 30.5 Å². The molecule has 1 aliphatic rings. The lowest BCUT2D eigenvalue weighted by Crippen LogP contribution is -2.16. The van der Waals surface area contributed by atoms with Crippen molar-refractivity contribution in [3.05, 3.63) is 29.8 Å². The summed E-state index contributed by atoms with van der Waals surface area (Å²) in [5, 5.41) is 8.36. The van der Waals surface area contributed by atoms with Crippen molar-refractivity contribution in [2.24, 2.45) is 5.14 Å². The third-order valence-electron chi connectivity index (χ3n) is 2.40. The molecule has 4 nitrogen and oxygen atoms in total. The van der Waals surface area contributed by atoms with E-state index < -0.39 is 10.0 Å². The van der Waals surface area contributed by atoms with Gasteiger partial charge >= 0.3 is 0 Å². The number of nitrogens with two attached hydrogens (primary N) is 1. The van der Waals surface area contributed by atoms with Crippen LogP contribution in [0.25, 0.3) is 0 Å².